The molecule has 0 aromatic carbocycles. The van der Waals surface area contributed by atoms with Gasteiger partial charge in [0.15, 0.2) is 5.65 Å². The van der Waals surface area contributed by atoms with E-state index in [4.69, 9.17) is 15.2 Å². The number of hydrogen-bond donors (Lipinski definition) is 1. The monoisotopic (exact) mass is 278 g/mol. The van der Waals surface area contributed by atoms with Gasteiger partial charge in [-0.3, -0.25) is 4.57 Å². The van der Waals surface area contributed by atoms with Gasteiger partial charge in [0, 0.05) is 12.7 Å². The lowest BCUT2D eigenvalue weighted by molar-refractivity contribution is 0.117. The van der Waals surface area contributed by atoms with E-state index in [1.54, 1.807) is 13.2 Å². The van der Waals surface area contributed by atoms with Crippen LogP contribution in [0.3, 0.4) is 0 Å². The van der Waals surface area contributed by atoms with Gasteiger partial charge in [0.25, 0.3) is 0 Å². The number of nitrogen functional groups attached to an aromatic ring is 1. The van der Waals surface area contributed by atoms with Crippen LogP contribution < -0.4 is 10.5 Å². The lowest BCUT2D eigenvalue weighted by atomic mass is 10.1. The maximum absolute atomic E-state index is 5.92. The fourth-order valence-corrected chi connectivity index (χ4v) is 1.91. The van der Waals surface area contributed by atoms with Gasteiger partial charge in [0.2, 0.25) is 11.8 Å². The summed E-state index contributed by atoms with van der Waals surface area (Å²) >= 11 is 0. The third-order valence-electron chi connectivity index (χ3n) is 3.10. The van der Waals surface area contributed by atoms with Gasteiger partial charge in [0.05, 0.1) is 20.3 Å². The first-order chi connectivity index (χ1) is 9.61. The summed E-state index contributed by atoms with van der Waals surface area (Å²) in [6.07, 6.45) is 1.06. The van der Waals surface area contributed by atoms with E-state index < -0.39 is 0 Å². The molecule has 0 bridgehead atoms. The van der Waals surface area contributed by atoms with Crippen molar-refractivity contribution in [1.82, 2.24) is 14.5 Å². The predicted molar refractivity (Wildman–Crippen MR) is 78.8 cm³/mol. The second-order valence-electron chi connectivity index (χ2n) is 5.11. The summed E-state index contributed by atoms with van der Waals surface area (Å²) in [4.78, 5) is 8.67. The molecule has 6 nitrogen and oxygen atoms in total. The van der Waals surface area contributed by atoms with Crippen molar-refractivity contribution in [3.63, 3.8) is 0 Å². The number of hydrogen-bond acceptors (Lipinski definition) is 5. The Hall–Kier alpha value is -1.82. The first-order valence-electron chi connectivity index (χ1n) is 6.86. The van der Waals surface area contributed by atoms with Crippen molar-refractivity contribution < 1.29 is 9.47 Å². The van der Waals surface area contributed by atoms with Gasteiger partial charge in [-0.25, -0.2) is 4.98 Å². The molecule has 0 aliphatic heterocycles. The molecule has 0 amide bonds. The molecular formula is C14H22N4O2. The second kappa shape index (κ2) is 6.56. The average molecular weight is 278 g/mol. The minimum Gasteiger partial charge on any atom is -0.481 e. The van der Waals surface area contributed by atoms with Crippen LogP contribution in [0.2, 0.25) is 0 Å². The van der Waals surface area contributed by atoms with E-state index in [1.807, 2.05) is 10.6 Å². The summed E-state index contributed by atoms with van der Waals surface area (Å²) < 4.78 is 12.6. The highest BCUT2D eigenvalue weighted by atomic mass is 16.5. The lowest BCUT2D eigenvalue weighted by Gasteiger charge is -2.08. The molecule has 0 saturated carbocycles. The van der Waals surface area contributed by atoms with Crippen LogP contribution in [0.15, 0.2) is 12.1 Å². The fraction of sp³-hybridized carbons (Fsp3) is 0.571. The second-order valence-corrected chi connectivity index (χ2v) is 5.11. The van der Waals surface area contributed by atoms with E-state index in [2.05, 4.69) is 23.8 Å². The highest BCUT2D eigenvalue weighted by Gasteiger charge is 2.10. The van der Waals surface area contributed by atoms with E-state index in [0.717, 1.165) is 24.2 Å². The molecule has 0 spiro atoms. The van der Waals surface area contributed by atoms with Crippen molar-refractivity contribution in [3.8, 4) is 5.88 Å². The van der Waals surface area contributed by atoms with Gasteiger partial charge >= 0.3 is 0 Å². The normalized spacial score (nSPS) is 11.4. The number of rotatable bonds is 7. The molecule has 2 aromatic rings. The summed E-state index contributed by atoms with van der Waals surface area (Å²) in [5.74, 6) is 1.66. The van der Waals surface area contributed by atoms with Gasteiger partial charge < -0.3 is 15.2 Å². The molecule has 0 saturated heterocycles. The van der Waals surface area contributed by atoms with Crippen LogP contribution in [0.25, 0.3) is 11.2 Å². The number of nitrogens with zero attached hydrogens (tertiary/aromatic N) is 3. The zero-order chi connectivity index (χ0) is 14.5. The highest BCUT2D eigenvalue weighted by Crippen LogP contribution is 2.19. The Kier molecular flexibility index (Phi) is 4.79. The van der Waals surface area contributed by atoms with Crippen molar-refractivity contribution >= 4 is 17.1 Å². The summed E-state index contributed by atoms with van der Waals surface area (Å²) in [5.41, 5.74) is 7.42. The third-order valence-corrected chi connectivity index (χ3v) is 3.10. The Morgan fingerprint density at radius 2 is 2.05 bits per heavy atom. The predicted octanol–water partition coefficient (Wildman–Crippen LogP) is 2.08. The van der Waals surface area contributed by atoms with E-state index in [0.29, 0.717) is 30.9 Å². The van der Waals surface area contributed by atoms with Gasteiger partial charge in [0.1, 0.15) is 5.52 Å². The molecule has 0 radical (unpaired) electrons. The molecule has 0 aliphatic carbocycles. The van der Waals surface area contributed by atoms with Crippen molar-refractivity contribution in [3.05, 3.63) is 12.1 Å². The minimum atomic E-state index is 0.452. The number of imidazole rings is 1. The molecule has 0 aliphatic rings. The number of aromatic nitrogens is 3. The maximum atomic E-state index is 5.92. The van der Waals surface area contributed by atoms with Gasteiger partial charge in [-0.15, -0.1) is 0 Å². The third kappa shape index (κ3) is 3.39. The summed E-state index contributed by atoms with van der Waals surface area (Å²) in [6, 6.07) is 3.63. The Labute approximate surface area is 118 Å². The quantitative estimate of drug-likeness (QED) is 0.785. The number of anilines is 1. The Morgan fingerprint density at radius 3 is 2.75 bits per heavy atom. The maximum Gasteiger partial charge on any atom is 0.215 e. The summed E-state index contributed by atoms with van der Waals surface area (Å²) in [6.45, 7) is 6.37. The number of fused-ring (bicyclic) bond motifs is 1. The average Bonchev–Trinajstić information content (AvgIpc) is 2.73. The standard InChI is InChI=1S/C14H22N4O2/c1-10(2)6-8-20-9-7-18-13-11(16-14(18)15)4-5-12(17-13)19-3/h4-5,10H,6-9H2,1-3H3,(H2,15,16). The SMILES string of the molecule is COc1ccc2nc(N)n(CCOCCC(C)C)c2n1. The Balaban J connectivity index is 2.03. The first kappa shape index (κ1) is 14.6. The van der Waals surface area contributed by atoms with Crippen LogP contribution in [-0.4, -0.2) is 34.9 Å². The Bertz CT molecular complexity index is 566. The molecule has 2 heterocycles. The minimum absolute atomic E-state index is 0.452. The van der Waals surface area contributed by atoms with Crippen LogP contribution in [0.4, 0.5) is 5.95 Å². The summed E-state index contributed by atoms with van der Waals surface area (Å²) in [7, 11) is 1.59. The van der Waals surface area contributed by atoms with Crippen molar-refractivity contribution in [2.75, 3.05) is 26.1 Å². The van der Waals surface area contributed by atoms with Crippen LogP contribution in [0.1, 0.15) is 20.3 Å². The van der Waals surface area contributed by atoms with Crippen molar-refractivity contribution in [1.29, 1.82) is 0 Å². The smallest absolute Gasteiger partial charge is 0.215 e. The number of ether oxygens (including phenoxy) is 2. The largest absolute Gasteiger partial charge is 0.481 e. The fourth-order valence-electron chi connectivity index (χ4n) is 1.91. The number of pyridine rings is 1. The number of nitrogens with two attached hydrogens (primary N) is 1. The van der Waals surface area contributed by atoms with E-state index >= 15 is 0 Å². The van der Waals surface area contributed by atoms with Crippen molar-refractivity contribution in [2.24, 2.45) is 5.92 Å². The van der Waals surface area contributed by atoms with Crippen LogP contribution >= 0.6 is 0 Å². The lowest BCUT2D eigenvalue weighted by Crippen LogP contribution is -2.10. The molecule has 110 valence electrons. The highest BCUT2D eigenvalue weighted by molar-refractivity contribution is 5.74. The topological polar surface area (TPSA) is 75.2 Å². The molecule has 2 aromatic heterocycles. The zero-order valence-electron chi connectivity index (χ0n) is 12.3. The van der Waals surface area contributed by atoms with E-state index in [1.165, 1.54) is 0 Å². The van der Waals surface area contributed by atoms with Crippen LogP contribution in [-0.2, 0) is 11.3 Å². The molecule has 2 rings (SSSR count). The van der Waals surface area contributed by atoms with Gasteiger partial charge in [-0.2, -0.15) is 4.98 Å². The zero-order valence-corrected chi connectivity index (χ0v) is 12.3. The molecule has 0 unspecified atom stereocenters. The molecule has 0 atom stereocenters. The van der Waals surface area contributed by atoms with Crippen LogP contribution in [0, 0.1) is 5.92 Å². The van der Waals surface area contributed by atoms with Crippen molar-refractivity contribution in [2.45, 2.75) is 26.8 Å². The molecule has 2 N–H and O–H groups in total. The van der Waals surface area contributed by atoms with Gasteiger partial charge in [-0.05, 0) is 18.4 Å². The number of methoxy groups -OCH3 is 1. The first-order valence-corrected chi connectivity index (χ1v) is 6.86. The molecular weight excluding hydrogens is 256 g/mol. The van der Waals surface area contributed by atoms with E-state index in [9.17, 15) is 0 Å². The summed E-state index contributed by atoms with van der Waals surface area (Å²) in [5, 5.41) is 0. The van der Waals surface area contributed by atoms with Crippen LogP contribution in [0.5, 0.6) is 5.88 Å². The Morgan fingerprint density at radius 1 is 1.25 bits per heavy atom. The van der Waals surface area contributed by atoms with Gasteiger partial charge in [-0.1, -0.05) is 13.8 Å². The molecule has 6 heteroatoms. The van der Waals surface area contributed by atoms with E-state index in [-0.39, 0.29) is 0 Å². The molecule has 20 heavy (non-hydrogen) atoms. The molecule has 0 fully saturated rings.